The van der Waals surface area contributed by atoms with Crippen LogP contribution in [0.5, 0.6) is 0 Å². The van der Waals surface area contributed by atoms with Crippen LogP contribution < -0.4 is 10.2 Å². The first-order valence-corrected chi connectivity index (χ1v) is 12.0. The number of rotatable bonds is 5. The normalized spacial score (nSPS) is 18.6. The van der Waals surface area contributed by atoms with Crippen LogP contribution in [0, 0.1) is 5.92 Å². The second-order valence-corrected chi connectivity index (χ2v) is 8.96. The summed E-state index contributed by atoms with van der Waals surface area (Å²) < 4.78 is 5.42. The summed E-state index contributed by atoms with van der Waals surface area (Å²) in [4.78, 5) is 34.8. The summed E-state index contributed by atoms with van der Waals surface area (Å²) in [5.74, 6) is 0.714. The predicted molar refractivity (Wildman–Crippen MR) is 132 cm³/mol. The molecular weight excluding hydrogens is 428 g/mol. The van der Waals surface area contributed by atoms with Crippen LogP contribution in [0.3, 0.4) is 0 Å². The smallest absolute Gasteiger partial charge is 0.254 e. The largest absolute Gasteiger partial charge is 0.378 e. The van der Waals surface area contributed by atoms with E-state index < -0.39 is 0 Å². The second-order valence-electron chi connectivity index (χ2n) is 8.96. The van der Waals surface area contributed by atoms with E-state index in [2.05, 4.69) is 15.2 Å². The summed E-state index contributed by atoms with van der Waals surface area (Å²) in [6.45, 7) is 4.64. The number of ether oxygens (including phenoxy) is 1. The van der Waals surface area contributed by atoms with Crippen molar-refractivity contribution in [2.45, 2.75) is 19.4 Å². The van der Waals surface area contributed by atoms with Gasteiger partial charge in [0.1, 0.15) is 5.82 Å². The van der Waals surface area contributed by atoms with Gasteiger partial charge >= 0.3 is 0 Å². The number of piperidine rings is 1. The lowest BCUT2D eigenvalue weighted by molar-refractivity contribution is -0.126. The Morgan fingerprint density at radius 3 is 2.74 bits per heavy atom. The number of hydrogen-bond acceptors (Lipinski definition) is 5. The third-order valence-corrected chi connectivity index (χ3v) is 6.71. The highest BCUT2D eigenvalue weighted by molar-refractivity contribution is 6.07. The van der Waals surface area contributed by atoms with Gasteiger partial charge in [0.05, 0.1) is 19.1 Å². The molecule has 5 rings (SSSR count). The number of benzene rings is 2. The molecule has 34 heavy (non-hydrogen) atoms. The fourth-order valence-corrected chi connectivity index (χ4v) is 4.83. The van der Waals surface area contributed by atoms with Crippen LogP contribution in [-0.2, 0) is 16.1 Å². The van der Waals surface area contributed by atoms with Crippen molar-refractivity contribution in [3.63, 3.8) is 0 Å². The summed E-state index contributed by atoms with van der Waals surface area (Å²) in [5, 5.41) is 5.08. The molecule has 1 N–H and O–H groups in total. The van der Waals surface area contributed by atoms with E-state index in [9.17, 15) is 9.59 Å². The monoisotopic (exact) mass is 458 g/mol. The first-order valence-electron chi connectivity index (χ1n) is 12.0. The SMILES string of the molecule is O=C(NCc1ccnc(N2CCOCC2)c1)C1CCCN(C(=O)c2cccc3ccccc23)C1. The molecular formula is C27H30N4O3. The Balaban J connectivity index is 1.21. The van der Waals surface area contributed by atoms with Crippen molar-refractivity contribution in [2.75, 3.05) is 44.3 Å². The van der Waals surface area contributed by atoms with Crippen molar-refractivity contribution in [2.24, 2.45) is 5.92 Å². The Kier molecular flexibility index (Phi) is 6.72. The molecule has 0 saturated carbocycles. The highest BCUT2D eigenvalue weighted by atomic mass is 16.5. The maximum atomic E-state index is 13.3. The van der Waals surface area contributed by atoms with Crippen molar-refractivity contribution in [1.82, 2.24) is 15.2 Å². The average Bonchev–Trinajstić information content (AvgIpc) is 2.91. The number of carbonyl (C=O) groups excluding carboxylic acids is 2. The number of carbonyl (C=O) groups is 2. The minimum Gasteiger partial charge on any atom is -0.378 e. The molecule has 1 atom stereocenters. The van der Waals surface area contributed by atoms with Crippen LogP contribution >= 0.6 is 0 Å². The molecule has 2 fully saturated rings. The maximum Gasteiger partial charge on any atom is 0.254 e. The lowest BCUT2D eigenvalue weighted by Crippen LogP contribution is -2.45. The Labute approximate surface area is 199 Å². The van der Waals surface area contributed by atoms with E-state index in [0.717, 1.165) is 48.1 Å². The van der Waals surface area contributed by atoms with E-state index in [4.69, 9.17) is 4.74 Å². The average molecular weight is 459 g/mol. The number of nitrogens with zero attached hydrogens (tertiary/aromatic N) is 3. The molecule has 0 spiro atoms. The third kappa shape index (κ3) is 4.89. The van der Waals surface area contributed by atoms with Gasteiger partial charge in [0.2, 0.25) is 5.91 Å². The number of morpholine rings is 1. The molecule has 3 heterocycles. The number of anilines is 1. The molecule has 0 aliphatic carbocycles. The van der Waals surface area contributed by atoms with Gasteiger partial charge in [-0.25, -0.2) is 4.98 Å². The fraction of sp³-hybridized carbons (Fsp3) is 0.370. The molecule has 2 amide bonds. The predicted octanol–water partition coefficient (Wildman–Crippen LogP) is 3.24. The molecule has 2 aromatic carbocycles. The molecule has 1 aromatic heterocycles. The fourth-order valence-electron chi connectivity index (χ4n) is 4.83. The third-order valence-electron chi connectivity index (χ3n) is 6.71. The molecule has 2 aliphatic heterocycles. The lowest BCUT2D eigenvalue weighted by atomic mass is 9.95. The van der Waals surface area contributed by atoms with E-state index in [1.54, 1.807) is 6.20 Å². The Hall–Kier alpha value is -3.45. The summed E-state index contributed by atoms with van der Waals surface area (Å²) in [7, 11) is 0. The Morgan fingerprint density at radius 2 is 1.85 bits per heavy atom. The minimum absolute atomic E-state index is 0.000143. The number of pyridine rings is 1. The molecule has 1 unspecified atom stereocenters. The van der Waals surface area contributed by atoms with E-state index in [1.165, 1.54) is 0 Å². The number of amides is 2. The Morgan fingerprint density at radius 1 is 1.03 bits per heavy atom. The van der Waals surface area contributed by atoms with Gasteiger partial charge in [0.25, 0.3) is 5.91 Å². The number of fused-ring (bicyclic) bond motifs is 1. The lowest BCUT2D eigenvalue weighted by Gasteiger charge is -2.32. The standard InChI is InChI=1S/C27H30N4O3/c32-26(29-18-20-10-11-28-25(17-20)30-13-15-34-16-14-30)22-7-4-12-31(19-22)27(33)24-9-3-6-21-5-1-2-8-23(21)24/h1-3,5-6,8-11,17,22H,4,7,12-16,18-19H2,(H,29,32). The molecule has 0 bridgehead atoms. The van der Waals surface area contributed by atoms with Gasteiger partial charge in [-0.1, -0.05) is 36.4 Å². The molecule has 2 saturated heterocycles. The van der Waals surface area contributed by atoms with E-state index in [1.807, 2.05) is 59.5 Å². The topological polar surface area (TPSA) is 74.8 Å². The molecule has 7 heteroatoms. The molecule has 3 aromatic rings. The summed E-state index contributed by atoms with van der Waals surface area (Å²) in [6.07, 6.45) is 3.41. The summed E-state index contributed by atoms with van der Waals surface area (Å²) in [5.41, 5.74) is 1.72. The number of likely N-dealkylation sites (tertiary alicyclic amines) is 1. The van der Waals surface area contributed by atoms with Gasteiger partial charge in [-0.2, -0.15) is 0 Å². The van der Waals surface area contributed by atoms with Gasteiger partial charge in [-0.05, 0) is 47.4 Å². The second kappa shape index (κ2) is 10.2. The number of aromatic nitrogens is 1. The van der Waals surface area contributed by atoms with E-state index in [0.29, 0.717) is 38.4 Å². The first-order chi connectivity index (χ1) is 16.7. The van der Waals surface area contributed by atoms with Gasteiger partial charge in [-0.15, -0.1) is 0 Å². The minimum atomic E-state index is -0.201. The van der Waals surface area contributed by atoms with E-state index in [-0.39, 0.29) is 17.7 Å². The van der Waals surface area contributed by atoms with Gasteiger partial charge in [0, 0.05) is 44.5 Å². The summed E-state index contributed by atoms with van der Waals surface area (Å²) in [6, 6.07) is 17.7. The van der Waals surface area contributed by atoms with Crippen LogP contribution in [-0.4, -0.2) is 61.1 Å². The van der Waals surface area contributed by atoms with Crippen molar-refractivity contribution in [3.8, 4) is 0 Å². The zero-order valence-electron chi connectivity index (χ0n) is 19.3. The highest BCUT2D eigenvalue weighted by Crippen LogP contribution is 2.24. The zero-order valence-corrected chi connectivity index (χ0v) is 19.3. The van der Waals surface area contributed by atoms with Crippen LogP contribution in [0.2, 0.25) is 0 Å². The van der Waals surface area contributed by atoms with Crippen LogP contribution in [0.4, 0.5) is 5.82 Å². The molecule has 2 aliphatic rings. The first kappa shape index (κ1) is 22.3. The van der Waals surface area contributed by atoms with Gasteiger partial charge < -0.3 is 19.9 Å². The molecule has 0 radical (unpaired) electrons. The number of hydrogen-bond donors (Lipinski definition) is 1. The molecule has 176 valence electrons. The highest BCUT2D eigenvalue weighted by Gasteiger charge is 2.29. The van der Waals surface area contributed by atoms with Crippen molar-refractivity contribution in [1.29, 1.82) is 0 Å². The van der Waals surface area contributed by atoms with Crippen LogP contribution in [0.1, 0.15) is 28.8 Å². The van der Waals surface area contributed by atoms with Crippen molar-refractivity contribution < 1.29 is 14.3 Å². The zero-order chi connectivity index (χ0) is 23.3. The van der Waals surface area contributed by atoms with Crippen molar-refractivity contribution >= 4 is 28.4 Å². The summed E-state index contributed by atoms with van der Waals surface area (Å²) >= 11 is 0. The maximum absolute atomic E-state index is 13.3. The van der Waals surface area contributed by atoms with Gasteiger partial charge in [-0.3, -0.25) is 9.59 Å². The van der Waals surface area contributed by atoms with Gasteiger partial charge in [0.15, 0.2) is 0 Å². The molecule has 7 nitrogen and oxygen atoms in total. The van der Waals surface area contributed by atoms with Crippen LogP contribution in [0.25, 0.3) is 10.8 Å². The number of nitrogens with one attached hydrogen (secondary N) is 1. The van der Waals surface area contributed by atoms with E-state index >= 15 is 0 Å². The van der Waals surface area contributed by atoms with Crippen molar-refractivity contribution in [3.05, 3.63) is 71.9 Å². The Bertz CT molecular complexity index is 1170. The quantitative estimate of drug-likeness (QED) is 0.635. The van der Waals surface area contributed by atoms with Crippen LogP contribution in [0.15, 0.2) is 60.8 Å².